The zero-order valence-electron chi connectivity index (χ0n) is 14.7. The Morgan fingerprint density at radius 2 is 1.48 bits per heavy atom. The quantitative estimate of drug-likeness (QED) is 0.856. The van der Waals surface area contributed by atoms with Gasteiger partial charge in [-0.2, -0.15) is 0 Å². The molecule has 0 aliphatic carbocycles. The number of aliphatic hydroxyl groups excluding tert-OH is 1. The summed E-state index contributed by atoms with van der Waals surface area (Å²) in [7, 11) is 0. The summed E-state index contributed by atoms with van der Waals surface area (Å²) in [5, 5.41) is 9.66. The van der Waals surface area contributed by atoms with Crippen molar-refractivity contribution in [1.82, 2.24) is 9.21 Å². The van der Waals surface area contributed by atoms with Gasteiger partial charge < -0.3 is 10.0 Å². The van der Waals surface area contributed by atoms with E-state index >= 15 is 0 Å². The van der Waals surface area contributed by atoms with Gasteiger partial charge in [0.2, 0.25) is 0 Å². The summed E-state index contributed by atoms with van der Waals surface area (Å²) in [6, 6.07) is 5.31. The maximum Gasteiger partial charge on any atom is 0.0564 e. The highest BCUT2D eigenvalue weighted by molar-refractivity contribution is 7.97. The van der Waals surface area contributed by atoms with Crippen LogP contribution in [-0.4, -0.2) is 52.6 Å². The molecule has 0 radical (unpaired) electrons. The first kappa shape index (κ1) is 17.3. The zero-order valence-corrected chi connectivity index (χ0v) is 15.5. The number of aliphatic hydroxyl groups is 1. The second-order valence-corrected chi connectivity index (χ2v) is 8.35. The van der Waals surface area contributed by atoms with Crippen LogP contribution in [0.1, 0.15) is 42.4 Å². The Labute approximate surface area is 145 Å². The van der Waals surface area contributed by atoms with E-state index in [0.29, 0.717) is 0 Å². The van der Waals surface area contributed by atoms with Crippen molar-refractivity contribution in [3.05, 3.63) is 28.8 Å². The van der Waals surface area contributed by atoms with Crippen LogP contribution in [0.3, 0.4) is 0 Å². The molecule has 2 fully saturated rings. The molecule has 0 unspecified atom stereocenters. The highest BCUT2D eigenvalue weighted by Gasteiger charge is 2.28. The molecule has 2 aliphatic heterocycles. The summed E-state index contributed by atoms with van der Waals surface area (Å²) in [5.74, 6) is 0. The van der Waals surface area contributed by atoms with Crippen molar-refractivity contribution in [2.24, 2.45) is 0 Å². The van der Waals surface area contributed by atoms with Gasteiger partial charge >= 0.3 is 0 Å². The highest BCUT2D eigenvalue weighted by Crippen LogP contribution is 2.33. The third kappa shape index (κ3) is 4.30. The van der Waals surface area contributed by atoms with Crippen molar-refractivity contribution in [3.63, 3.8) is 0 Å². The van der Waals surface area contributed by atoms with Crippen molar-refractivity contribution in [3.8, 4) is 0 Å². The second-order valence-electron chi connectivity index (χ2n) is 7.25. The van der Waals surface area contributed by atoms with Crippen LogP contribution in [0.4, 0.5) is 0 Å². The lowest BCUT2D eigenvalue weighted by atomic mass is 10.00. The summed E-state index contributed by atoms with van der Waals surface area (Å²) >= 11 is 1.95. The van der Waals surface area contributed by atoms with E-state index in [9.17, 15) is 5.11 Å². The molecule has 2 heterocycles. The van der Waals surface area contributed by atoms with Gasteiger partial charge in [-0.15, -0.1) is 0 Å². The molecule has 0 bridgehead atoms. The normalized spacial score (nSPS) is 22.6. The number of benzene rings is 1. The summed E-state index contributed by atoms with van der Waals surface area (Å²) < 4.78 is 2.54. The Kier molecular flexibility index (Phi) is 5.68. The number of rotatable bonds is 3. The third-order valence-electron chi connectivity index (χ3n) is 5.26. The van der Waals surface area contributed by atoms with E-state index in [4.69, 9.17) is 0 Å². The minimum Gasteiger partial charge on any atom is -0.393 e. The molecule has 0 atom stereocenters. The Balaban J connectivity index is 1.53. The van der Waals surface area contributed by atoms with Crippen molar-refractivity contribution in [2.75, 3.05) is 26.2 Å². The molecule has 4 heteroatoms. The Hall–Kier alpha value is -0.550. The van der Waals surface area contributed by atoms with Crippen LogP contribution in [0, 0.1) is 20.8 Å². The van der Waals surface area contributed by atoms with Gasteiger partial charge in [-0.25, -0.2) is 4.31 Å². The maximum atomic E-state index is 9.66. The van der Waals surface area contributed by atoms with Crippen LogP contribution in [0.15, 0.2) is 17.0 Å². The Morgan fingerprint density at radius 3 is 2.04 bits per heavy atom. The zero-order chi connectivity index (χ0) is 16.4. The van der Waals surface area contributed by atoms with Gasteiger partial charge in [0.15, 0.2) is 0 Å². The first-order valence-electron chi connectivity index (χ1n) is 8.96. The fourth-order valence-electron chi connectivity index (χ4n) is 3.99. The van der Waals surface area contributed by atoms with Crippen LogP contribution >= 0.6 is 11.9 Å². The first-order chi connectivity index (χ1) is 11.0. The van der Waals surface area contributed by atoms with Gasteiger partial charge in [0, 0.05) is 37.1 Å². The minimum absolute atomic E-state index is 0.0608. The van der Waals surface area contributed by atoms with E-state index in [1.165, 1.54) is 47.5 Å². The smallest absolute Gasteiger partial charge is 0.0564 e. The topological polar surface area (TPSA) is 26.7 Å². The van der Waals surface area contributed by atoms with Gasteiger partial charge in [-0.05, 0) is 69.5 Å². The van der Waals surface area contributed by atoms with Crippen molar-refractivity contribution < 1.29 is 5.11 Å². The number of hydrogen-bond donors (Lipinski definition) is 1. The lowest BCUT2D eigenvalue weighted by Crippen LogP contribution is -2.47. The Morgan fingerprint density at radius 1 is 0.913 bits per heavy atom. The number of nitrogens with zero attached hydrogens (tertiary/aromatic N) is 2. The minimum atomic E-state index is -0.0608. The molecule has 1 aromatic rings. The van der Waals surface area contributed by atoms with E-state index in [0.717, 1.165) is 32.0 Å². The van der Waals surface area contributed by atoms with E-state index in [1.54, 1.807) is 0 Å². The molecule has 0 saturated carbocycles. The number of piperidine rings is 2. The second kappa shape index (κ2) is 7.56. The predicted molar refractivity (Wildman–Crippen MR) is 97.9 cm³/mol. The monoisotopic (exact) mass is 334 g/mol. The lowest BCUT2D eigenvalue weighted by Gasteiger charge is -2.40. The largest absolute Gasteiger partial charge is 0.393 e. The van der Waals surface area contributed by atoms with Gasteiger partial charge in [0.05, 0.1) is 6.10 Å². The van der Waals surface area contributed by atoms with Crippen molar-refractivity contribution >= 4 is 11.9 Å². The van der Waals surface area contributed by atoms with E-state index in [1.807, 2.05) is 11.9 Å². The Bertz CT molecular complexity index is 509. The molecule has 2 saturated heterocycles. The molecule has 3 rings (SSSR count). The van der Waals surface area contributed by atoms with Crippen molar-refractivity contribution in [1.29, 1.82) is 0 Å². The fourth-order valence-corrected chi connectivity index (χ4v) is 5.05. The fraction of sp³-hybridized carbons (Fsp3) is 0.684. The SMILES string of the molecule is Cc1cc(C)c(SN2CCC(N3CCC(O)CC3)CC2)c(C)c1. The van der Waals surface area contributed by atoms with Gasteiger partial charge in [0.25, 0.3) is 0 Å². The van der Waals surface area contributed by atoms with Crippen LogP contribution in [0.5, 0.6) is 0 Å². The number of hydrogen-bond acceptors (Lipinski definition) is 4. The average Bonchev–Trinajstić information content (AvgIpc) is 2.52. The van der Waals surface area contributed by atoms with Crippen LogP contribution in [-0.2, 0) is 0 Å². The van der Waals surface area contributed by atoms with Crippen LogP contribution in [0.2, 0.25) is 0 Å². The molecule has 1 N–H and O–H groups in total. The molecular formula is C19H30N2OS. The number of aryl methyl sites for hydroxylation is 3. The molecule has 0 aromatic heterocycles. The molecule has 3 nitrogen and oxygen atoms in total. The molecule has 1 aromatic carbocycles. The number of likely N-dealkylation sites (tertiary alicyclic amines) is 1. The molecular weight excluding hydrogens is 304 g/mol. The third-order valence-corrected chi connectivity index (χ3v) is 6.71. The van der Waals surface area contributed by atoms with Gasteiger partial charge in [-0.1, -0.05) is 17.7 Å². The van der Waals surface area contributed by atoms with Crippen LogP contribution < -0.4 is 0 Å². The summed E-state index contributed by atoms with van der Waals surface area (Å²) in [4.78, 5) is 4.05. The molecule has 23 heavy (non-hydrogen) atoms. The molecule has 0 spiro atoms. The molecule has 128 valence electrons. The van der Waals surface area contributed by atoms with E-state index in [-0.39, 0.29) is 6.10 Å². The van der Waals surface area contributed by atoms with Gasteiger partial charge in [-0.3, -0.25) is 0 Å². The van der Waals surface area contributed by atoms with Crippen molar-refractivity contribution in [2.45, 2.75) is 63.5 Å². The predicted octanol–water partition coefficient (Wildman–Crippen LogP) is 3.54. The standard InChI is InChI=1S/C19H30N2OS/c1-14-12-15(2)19(16(3)13-14)23-21-10-4-17(5-11-21)20-8-6-18(22)7-9-20/h12-13,17-18,22H,4-11H2,1-3H3. The van der Waals surface area contributed by atoms with E-state index in [2.05, 4.69) is 42.1 Å². The van der Waals surface area contributed by atoms with E-state index < -0.39 is 0 Å². The molecule has 0 amide bonds. The lowest BCUT2D eigenvalue weighted by molar-refractivity contribution is 0.0475. The summed E-state index contributed by atoms with van der Waals surface area (Å²) in [5.41, 5.74) is 4.16. The summed E-state index contributed by atoms with van der Waals surface area (Å²) in [6.45, 7) is 11.1. The average molecular weight is 335 g/mol. The maximum absolute atomic E-state index is 9.66. The molecule has 2 aliphatic rings. The summed E-state index contributed by atoms with van der Waals surface area (Å²) in [6.07, 6.45) is 4.36. The van der Waals surface area contributed by atoms with Crippen LogP contribution in [0.25, 0.3) is 0 Å². The first-order valence-corrected chi connectivity index (χ1v) is 9.73. The van der Waals surface area contributed by atoms with Gasteiger partial charge in [0.1, 0.15) is 0 Å². The highest BCUT2D eigenvalue weighted by atomic mass is 32.2.